The number of carbonyl (C=O) groups is 4. The number of benzene rings is 1. The van der Waals surface area contributed by atoms with E-state index in [-0.39, 0.29) is 60.4 Å². The second-order valence-electron chi connectivity index (χ2n) is 12.6. The zero-order chi connectivity index (χ0) is 31.4. The predicted octanol–water partition coefficient (Wildman–Crippen LogP) is 3.80. The number of hydrogen-bond acceptors (Lipinski definition) is 6. The van der Waals surface area contributed by atoms with E-state index in [0.29, 0.717) is 30.4 Å². The summed E-state index contributed by atoms with van der Waals surface area (Å²) in [5.74, 6) is -2.05. The molecule has 3 fully saturated rings. The van der Waals surface area contributed by atoms with Gasteiger partial charge in [0.25, 0.3) is 0 Å². The molecule has 3 amide bonds. The van der Waals surface area contributed by atoms with E-state index in [4.69, 9.17) is 0 Å². The van der Waals surface area contributed by atoms with Crippen molar-refractivity contribution in [2.45, 2.75) is 96.3 Å². The van der Waals surface area contributed by atoms with Crippen LogP contribution in [0.3, 0.4) is 0 Å². The number of nitrogens with one attached hydrogen (secondary N) is 2. The van der Waals surface area contributed by atoms with Crippen molar-refractivity contribution >= 4 is 29.2 Å². The first kappa shape index (κ1) is 31.8. The number of anilines is 1. The molecular weight excluding hydrogens is 563 g/mol. The number of amides is 3. The van der Waals surface area contributed by atoms with Crippen molar-refractivity contribution in [1.29, 1.82) is 0 Å². The Kier molecular flexibility index (Phi) is 10.1. The highest BCUT2D eigenvalue weighted by Gasteiger charge is 2.45. The number of fused-ring (bicyclic) bond motifs is 2. The quantitative estimate of drug-likeness (QED) is 0.354. The number of rotatable bonds is 12. The number of piperazine rings is 1. The van der Waals surface area contributed by atoms with Crippen molar-refractivity contribution in [2.24, 2.45) is 11.8 Å². The van der Waals surface area contributed by atoms with Crippen LogP contribution in [0.15, 0.2) is 30.5 Å². The number of halogens is 1. The first-order chi connectivity index (χ1) is 21.2. The molecule has 2 aliphatic heterocycles. The number of carbonyl (C=O) groups excluding carboxylic acids is 4. The Balaban J connectivity index is 1.28. The molecule has 0 spiro atoms. The van der Waals surface area contributed by atoms with Crippen molar-refractivity contribution in [2.75, 3.05) is 25.5 Å². The maximum atomic E-state index is 15.5. The Bertz CT molecular complexity index is 1370. The molecule has 4 atom stereocenters. The normalized spacial score (nSPS) is 21.7. The van der Waals surface area contributed by atoms with Gasteiger partial charge in [-0.25, -0.2) is 4.39 Å². The highest BCUT2D eigenvalue weighted by molar-refractivity contribution is 6.00. The summed E-state index contributed by atoms with van der Waals surface area (Å²) in [4.78, 5) is 56.8. The summed E-state index contributed by atoms with van der Waals surface area (Å²) < 4.78 is 17.1. The van der Waals surface area contributed by atoms with E-state index >= 15 is 4.39 Å². The van der Waals surface area contributed by atoms with E-state index in [1.165, 1.54) is 12.1 Å². The Labute approximate surface area is 258 Å². The van der Waals surface area contributed by atoms with Crippen LogP contribution in [0.2, 0.25) is 0 Å². The molecule has 1 saturated carbocycles. The van der Waals surface area contributed by atoms with Gasteiger partial charge in [0.1, 0.15) is 17.6 Å². The number of likely N-dealkylation sites (N-methyl/N-ethyl adjacent to an activating group) is 1. The zero-order valence-electron chi connectivity index (χ0n) is 26.1. The van der Waals surface area contributed by atoms with Gasteiger partial charge in [-0.15, -0.1) is 0 Å². The smallest absolute Gasteiger partial charge is 0.245 e. The van der Waals surface area contributed by atoms with Gasteiger partial charge in [-0.2, -0.15) is 5.10 Å². The average Bonchev–Trinajstić information content (AvgIpc) is 3.76. The molecule has 238 valence electrons. The van der Waals surface area contributed by atoms with Gasteiger partial charge in [-0.1, -0.05) is 32.3 Å². The van der Waals surface area contributed by atoms with Crippen LogP contribution in [0.25, 0.3) is 0 Å². The van der Waals surface area contributed by atoms with Crippen molar-refractivity contribution in [3.8, 4) is 0 Å². The van der Waals surface area contributed by atoms with Crippen LogP contribution in [-0.2, 0) is 27.3 Å². The molecule has 11 heteroatoms. The lowest BCUT2D eigenvalue weighted by Gasteiger charge is -2.34. The first-order valence-corrected chi connectivity index (χ1v) is 16.1. The van der Waals surface area contributed by atoms with E-state index in [0.717, 1.165) is 45.1 Å². The van der Waals surface area contributed by atoms with E-state index in [9.17, 15) is 19.2 Å². The number of nitrogens with zero attached hydrogens (tertiary/aromatic N) is 4. The minimum Gasteiger partial charge on any atom is -0.344 e. The Morgan fingerprint density at radius 1 is 1.05 bits per heavy atom. The second-order valence-corrected chi connectivity index (χ2v) is 12.6. The fourth-order valence-corrected chi connectivity index (χ4v) is 7.22. The SMILES string of the molecule is CCC(=O)N[C@H](Cc1ccc(NC(=O)[C@@H](CC(=O)c2ccnn2CC)C2CCCCC2)c(F)c1)C(=O)N1C[C@@H]2C[C@H]1CN2C. The molecule has 44 heavy (non-hydrogen) atoms. The van der Waals surface area contributed by atoms with E-state index in [1.54, 1.807) is 29.9 Å². The third-order valence-electron chi connectivity index (χ3n) is 9.75. The number of hydrogen-bond donors (Lipinski definition) is 2. The third-order valence-corrected chi connectivity index (χ3v) is 9.75. The van der Waals surface area contributed by atoms with Gasteiger partial charge in [0.2, 0.25) is 17.7 Å². The van der Waals surface area contributed by atoms with Gasteiger partial charge < -0.3 is 15.5 Å². The molecule has 3 aliphatic rings. The van der Waals surface area contributed by atoms with Crippen LogP contribution in [0, 0.1) is 17.7 Å². The van der Waals surface area contributed by atoms with Crippen molar-refractivity contribution in [1.82, 2.24) is 24.9 Å². The maximum absolute atomic E-state index is 15.5. The number of Topliss-reactive ketones (excluding diaryl/α,β-unsaturated/α-hetero) is 1. The largest absolute Gasteiger partial charge is 0.344 e. The minimum absolute atomic E-state index is 0.0333. The molecule has 10 nitrogen and oxygen atoms in total. The topological polar surface area (TPSA) is 117 Å². The number of likely N-dealkylation sites (tertiary alicyclic amines) is 2. The summed E-state index contributed by atoms with van der Waals surface area (Å²) in [6, 6.07) is 5.83. The molecule has 5 rings (SSSR count). The van der Waals surface area contributed by atoms with Crippen LogP contribution < -0.4 is 10.6 Å². The van der Waals surface area contributed by atoms with Crippen LogP contribution in [-0.4, -0.2) is 81.3 Å². The van der Waals surface area contributed by atoms with Crippen LogP contribution in [0.4, 0.5) is 10.1 Å². The van der Waals surface area contributed by atoms with Gasteiger partial charge >= 0.3 is 0 Å². The summed E-state index contributed by atoms with van der Waals surface area (Å²) in [6.07, 6.45) is 7.75. The summed E-state index contributed by atoms with van der Waals surface area (Å²) in [5.41, 5.74) is 1.05. The molecule has 0 unspecified atom stereocenters. The Morgan fingerprint density at radius 2 is 1.82 bits per heavy atom. The molecule has 1 aromatic heterocycles. The summed E-state index contributed by atoms with van der Waals surface area (Å²) in [6.45, 7) is 5.63. The highest BCUT2D eigenvalue weighted by atomic mass is 19.1. The molecule has 2 aromatic rings. The lowest BCUT2D eigenvalue weighted by molar-refractivity contribution is -0.138. The van der Waals surface area contributed by atoms with Crippen molar-refractivity contribution in [3.05, 3.63) is 47.5 Å². The average molecular weight is 609 g/mol. The third kappa shape index (κ3) is 7.03. The van der Waals surface area contributed by atoms with Gasteiger partial charge in [0, 0.05) is 63.1 Å². The fraction of sp³-hybridized carbons (Fsp3) is 0.606. The number of ketones is 1. The molecule has 2 N–H and O–H groups in total. The number of aromatic nitrogens is 2. The zero-order valence-corrected chi connectivity index (χ0v) is 26.1. The predicted molar refractivity (Wildman–Crippen MR) is 164 cm³/mol. The van der Waals surface area contributed by atoms with Gasteiger partial charge in [0.05, 0.1) is 5.69 Å². The van der Waals surface area contributed by atoms with E-state index < -0.39 is 17.8 Å². The summed E-state index contributed by atoms with van der Waals surface area (Å²) >= 11 is 0. The molecular formula is C33H45FN6O4. The highest BCUT2D eigenvalue weighted by Crippen LogP contribution is 2.34. The second kappa shape index (κ2) is 14.0. The van der Waals surface area contributed by atoms with Gasteiger partial charge in [-0.3, -0.25) is 28.8 Å². The van der Waals surface area contributed by atoms with E-state index in [2.05, 4.69) is 27.7 Å². The van der Waals surface area contributed by atoms with Crippen LogP contribution in [0.5, 0.6) is 0 Å². The fourth-order valence-electron chi connectivity index (χ4n) is 7.22. The lowest BCUT2D eigenvalue weighted by atomic mass is 9.77. The van der Waals surface area contributed by atoms with Gasteiger partial charge in [-0.05, 0) is 62.9 Å². The van der Waals surface area contributed by atoms with Gasteiger partial charge in [0.15, 0.2) is 5.78 Å². The van der Waals surface area contributed by atoms with Crippen molar-refractivity contribution < 1.29 is 23.6 Å². The molecule has 2 saturated heterocycles. The summed E-state index contributed by atoms with van der Waals surface area (Å²) in [7, 11) is 2.06. The molecule has 0 radical (unpaired) electrons. The Morgan fingerprint density at radius 3 is 2.45 bits per heavy atom. The molecule has 1 aromatic carbocycles. The molecule has 3 heterocycles. The van der Waals surface area contributed by atoms with E-state index in [1.807, 2.05) is 11.8 Å². The van der Waals surface area contributed by atoms with Crippen molar-refractivity contribution in [3.63, 3.8) is 0 Å². The molecule has 2 bridgehead atoms. The lowest BCUT2D eigenvalue weighted by Crippen LogP contribution is -2.55. The Hall–Kier alpha value is -3.60. The monoisotopic (exact) mass is 608 g/mol. The number of aryl methyl sites for hydroxylation is 1. The van der Waals surface area contributed by atoms with Crippen LogP contribution >= 0.6 is 0 Å². The maximum Gasteiger partial charge on any atom is 0.245 e. The van der Waals surface area contributed by atoms with Crippen LogP contribution in [0.1, 0.15) is 81.3 Å². The molecule has 1 aliphatic carbocycles. The summed E-state index contributed by atoms with van der Waals surface area (Å²) in [5, 5.41) is 9.80. The minimum atomic E-state index is -0.801. The standard InChI is InChI=1S/C33H45FN6O4/c1-4-31(42)36-28(33(44)39-20-23-17-24(39)19-38(23)3)16-21-11-12-27(26(34)15-21)37-32(43)25(22-9-7-6-8-10-22)18-30(41)29-13-14-35-40(29)5-2/h11-15,22-25,28H,4-10,16-20H2,1-3H3,(H,36,42)(H,37,43)/t23-,24-,25-,28+/m0/s1. The first-order valence-electron chi connectivity index (χ1n) is 16.1.